The van der Waals surface area contributed by atoms with E-state index in [0.717, 1.165) is 17.3 Å². The monoisotopic (exact) mass is 396 g/mol. The largest absolute Gasteiger partial charge is 0.482 e. The lowest BCUT2D eigenvalue weighted by Gasteiger charge is -2.29. The third kappa shape index (κ3) is 3.16. The van der Waals surface area contributed by atoms with Crippen LogP contribution in [0.5, 0.6) is 5.75 Å². The van der Waals surface area contributed by atoms with E-state index in [-0.39, 0.29) is 18.3 Å². The van der Waals surface area contributed by atoms with E-state index >= 15 is 0 Å². The number of benzene rings is 2. The van der Waals surface area contributed by atoms with Crippen LogP contribution in [0.15, 0.2) is 48.7 Å². The number of fused-ring (bicyclic) bond motifs is 2. The van der Waals surface area contributed by atoms with Crippen LogP contribution in [-0.2, 0) is 4.79 Å². The molecule has 1 aliphatic rings. The Labute approximate surface area is 168 Å². The van der Waals surface area contributed by atoms with Gasteiger partial charge < -0.3 is 14.2 Å². The van der Waals surface area contributed by atoms with Crippen molar-refractivity contribution < 1.29 is 14.3 Å². The Morgan fingerprint density at radius 1 is 1.21 bits per heavy atom. The molecule has 0 bridgehead atoms. The van der Waals surface area contributed by atoms with Gasteiger partial charge in [0.15, 0.2) is 12.4 Å². The van der Waals surface area contributed by atoms with Gasteiger partial charge in [0.2, 0.25) is 0 Å². The first kappa shape index (κ1) is 18.6. The number of aromatic nitrogens is 1. The number of nitrogens with zero attached hydrogens (tertiary/aromatic N) is 2. The molecule has 0 N–H and O–H groups in total. The second kappa shape index (κ2) is 7.32. The lowest BCUT2D eigenvalue weighted by atomic mass is 10.0. The van der Waals surface area contributed by atoms with Crippen molar-refractivity contribution >= 4 is 39.9 Å². The molecule has 3 aromatic rings. The number of rotatable bonds is 5. The number of halogens is 1. The van der Waals surface area contributed by atoms with Gasteiger partial charge in [-0.15, -0.1) is 0 Å². The fourth-order valence-electron chi connectivity index (χ4n) is 3.66. The summed E-state index contributed by atoms with van der Waals surface area (Å²) in [5, 5.41) is 1.66. The molecule has 144 valence electrons. The molecular formula is C22H21ClN2O3. The smallest absolute Gasteiger partial charge is 0.265 e. The molecule has 1 amide bonds. The van der Waals surface area contributed by atoms with Crippen LogP contribution in [0.2, 0.25) is 5.02 Å². The molecule has 0 fully saturated rings. The number of anilines is 1. The first-order valence-electron chi connectivity index (χ1n) is 9.37. The van der Waals surface area contributed by atoms with Crippen molar-refractivity contribution in [2.24, 2.45) is 0 Å². The highest BCUT2D eigenvalue weighted by atomic mass is 35.5. The average Bonchev–Trinajstić information content (AvgIpc) is 3.11. The zero-order valence-corrected chi connectivity index (χ0v) is 16.6. The fraction of sp³-hybridized carbons (Fsp3) is 0.273. The van der Waals surface area contributed by atoms with Crippen LogP contribution < -0.4 is 9.64 Å². The van der Waals surface area contributed by atoms with Crippen LogP contribution in [0.4, 0.5) is 5.69 Å². The molecule has 1 aromatic heterocycles. The van der Waals surface area contributed by atoms with Gasteiger partial charge >= 0.3 is 0 Å². The van der Waals surface area contributed by atoms with Crippen molar-refractivity contribution in [3.63, 3.8) is 0 Å². The first-order valence-corrected chi connectivity index (χ1v) is 9.75. The predicted octanol–water partition coefficient (Wildman–Crippen LogP) is 4.87. The Bertz CT molecular complexity index is 1070. The molecule has 0 spiro atoms. The molecular weight excluding hydrogens is 376 g/mol. The van der Waals surface area contributed by atoms with Gasteiger partial charge in [-0.1, -0.05) is 18.5 Å². The number of carbonyl (C=O) groups excluding carboxylic acids is 2. The fourth-order valence-corrected chi connectivity index (χ4v) is 3.84. The van der Waals surface area contributed by atoms with Crippen molar-refractivity contribution in [2.45, 2.75) is 26.3 Å². The lowest BCUT2D eigenvalue weighted by Crippen LogP contribution is -2.39. The number of hydrogen-bond acceptors (Lipinski definition) is 3. The van der Waals surface area contributed by atoms with Gasteiger partial charge in [0.25, 0.3) is 5.91 Å². The molecule has 1 atom stereocenters. The maximum atomic E-state index is 13.2. The molecule has 0 radical (unpaired) electrons. The third-order valence-corrected chi connectivity index (χ3v) is 5.35. The van der Waals surface area contributed by atoms with Crippen molar-refractivity contribution in [3.8, 4) is 5.75 Å². The minimum absolute atomic E-state index is 0.0234. The molecule has 1 unspecified atom stereocenters. The molecule has 2 heterocycles. The quantitative estimate of drug-likeness (QED) is 0.578. The highest BCUT2D eigenvalue weighted by Gasteiger charge is 2.27. The summed E-state index contributed by atoms with van der Waals surface area (Å²) in [5.74, 6) is 0.531. The Morgan fingerprint density at radius 2 is 2.04 bits per heavy atom. The van der Waals surface area contributed by atoms with Gasteiger partial charge in [0.1, 0.15) is 5.75 Å². The van der Waals surface area contributed by atoms with Crippen molar-refractivity contribution in [3.05, 3.63) is 59.2 Å². The van der Waals surface area contributed by atoms with Crippen LogP contribution in [-0.4, -0.2) is 29.4 Å². The standard InChI is InChI=1S/C22H21ClN2O3/c1-3-9-25-19-12-16(4-7-20(19)28-13-21(25)26)22(27)14(2)24-10-8-15-11-17(23)5-6-18(15)24/h4-8,10-12,14H,3,9,13H2,1-2H3. The number of Topliss-reactive ketones (excluding diaryl/α,β-unsaturated/α-hetero) is 1. The summed E-state index contributed by atoms with van der Waals surface area (Å²) in [4.78, 5) is 27.1. The van der Waals surface area contributed by atoms with E-state index in [2.05, 4.69) is 0 Å². The summed E-state index contributed by atoms with van der Waals surface area (Å²) >= 11 is 6.06. The topological polar surface area (TPSA) is 51.5 Å². The van der Waals surface area contributed by atoms with E-state index < -0.39 is 6.04 Å². The summed E-state index contributed by atoms with van der Waals surface area (Å²) in [6, 6.07) is 12.5. The summed E-state index contributed by atoms with van der Waals surface area (Å²) in [6.45, 7) is 4.53. The van der Waals surface area contributed by atoms with E-state index in [1.165, 1.54) is 0 Å². The van der Waals surface area contributed by atoms with Gasteiger partial charge in [0, 0.05) is 34.2 Å². The number of ketones is 1. The summed E-state index contributed by atoms with van der Waals surface area (Å²) < 4.78 is 7.47. The molecule has 0 saturated heterocycles. The van der Waals surface area contributed by atoms with E-state index in [4.69, 9.17) is 16.3 Å². The Hall–Kier alpha value is -2.79. The van der Waals surface area contributed by atoms with Crippen LogP contribution in [0.25, 0.3) is 10.9 Å². The molecule has 4 rings (SSSR count). The van der Waals surface area contributed by atoms with E-state index in [9.17, 15) is 9.59 Å². The van der Waals surface area contributed by atoms with Crippen molar-refractivity contribution in [2.75, 3.05) is 18.1 Å². The third-order valence-electron chi connectivity index (χ3n) is 5.11. The van der Waals surface area contributed by atoms with E-state index in [0.29, 0.717) is 28.6 Å². The van der Waals surface area contributed by atoms with Crippen LogP contribution in [0, 0.1) is 0 Å². The predicted molar refractivity (Wildman–Crippen MR) is 111 cm³/mol. The highest BCUT2D eigenvalue weighted by molar-refractivity contribution is 6.31. The van der Waals surface area contributed by atoms with Gasteiger partial charge in [-0.3, -0.25) is 9.59 Å². The van der Waals surface area contributed by atoms with Gasteiger partial charge in [-0.2, -0.15) is 0 Å². The molecule has 2 aromatic carbocycles. The minimum Gasteiger partial charge on any atom is -0.482 e. The van der Waals surface area contributed by atoms with Crippen LogP contribution in [0.3, 0.4) is 0 Å². The van der Waals surface area contributed by atoms with Gasteiger partial charge in [-0.25, -0.2) is 0 Å². The average molecular weight is 397 g/mol. The first-order chi connectivity index (χ1) is 13.5. The number of ether oxygens (including phenoxy) is 1. The number of amides is 1. The zero-order valence-electron chi connectivity index (χ0n) is 15.8. The Kier molecular flexibility index (Phi) is 4.85. The molecule has 6 heteroatoms. The molecule has 1 aliphatic heterocycles. The zero-order chi connectivity index (χ0) is 19.8. The van der Waals surface area contributed by atoms with Crippen LogP contribution >= 0.6 is 11.6 Å². The summed E-state index contributed by atoms with van der Waals surface area (Å²) in [5.41, 5.74) is 2.18. The molecule has 5 nitrogen and oxygen atoms in total. The maximum Gasteiger partial charge on any atom is 0.265 e. The van der Waals surface area contributed by atoms with Crippen molar-refractivity contribution in [1.82, 2.24) is 4.57 Å². The summed E-state index contributed by atoms with van der Waals surface area (Å²) in [6.07, 6.45) is 2.73. The second-order valence-corrected chi connectivity index (χ2v) is 7.42. The highest BCUT2D eigenvalue weighted by Crippen LogP contribution is 2.34. The normalized spacial score (nSPS) is 14.7. The Balaban J connectivity index is 1.69. The number of carbonyl (C=O) groups is 2. The molecule has 0 saturated carbocycles. The molecule has 28 heavy (non-hydrogen) atoms. The Morgan fingerprint density at radius 3 is 2.82 bits per heavy atom. The second-order valence-electron chi connectivity index (χ2n) is 6.98. The van der Waals surface area contributed by atoms with E-state index in [1.807, 2.05) is 48.9 Å². The SMILES string of the molecule is CCCN1C(=O)COc2ccc(C(=O)C(C)n3ccc4cc(Cl)ccc43)cc21. The minimum atomic E-state index is -0.392. The molecule has 0 aliphatic carbocycles. The van der Waals surface area contributed by atoms with Crippen molar-refractivity contribution in [1.29, 1.82) is 0 Å². The van der Waals surface area contributed by atoms with E-state index in [1.54, 1.807) is 23.1 Å². The van der Waals surface area contributed by atoms with Gasteiger partial charge in [0.05, 0.1) is 11.7 Å². The van der Waals surface area contributed by atoms with Gasteiger partial charge in [-0.05, 0) is 55.8 Å². The lowest BCUT2D eigenvalue weighted by molar-refractivity contribution is -0.121. The summed E-state index contributed by atoms with van der Waals surface area (Å²) in [7, 11) is 0. The van der Waals surface area contributed by atoms with Crippen LogP contribution in [0.1, 0.15) is 36.7 Å². The number of hydrogen-bond donors (Lipinski definition) is 0. The maximum absolute atomic E-state index is 13.2.